The number of benzene rings is 2. The van der Waals surface area contributed by atoms with Gasteiger partial charge in [-0.05, 0) is 56.5 Å². The molecule has 0 N–H and O–H groups in total. The minimum Gasteiger partial charge on any atom is -0.490 e. The number of likely N-dealkylation sites (tertiary alicyclic amines) is 1. The molecule has 2 aromatic carbocycles. The van der Waals surface area contributed by atoms with Crippen LogP contribution in [0.4, 0.5) is 0 Å². The van der Waals surface area contributed by atoms with Crippen LogP contribution in [-0.2, 0) is 6.42 Å². The van der Waals surface area contributed by atoms with E-state index in [0.29, 0.717) is 43.4 Å². The van der Waals surface area contributed by atoms with Crippen LogP contribution in [0.5, 0.6) is 17.2 Å². The standard InChI is InChI=1S/C24H29NO4/c1-3-27-21-10-9-19(17-22(21)28-4-2)23(26)25-15-13-24(14-16-25)12-11-18-7-5-6-8-20(18)29-24/h5-10,17H,3-4,11-16H2,1-2H3. The molecular formula is C24H29NO4. The smallest absolute Gasteiger partial charge is 0.253 e. The zero-order valence-electron chi connectivity index (χ0n) is 17.3. The first-order valence-corrected chi connectivity index (χ1v) is 10.6. The number of rotatable bonds is 5. The molecule has 154 valence electrons. The van der Waals surface area contributed by atoms with Gasteiger partial charge in [0.15, 0.2) is 11.5 Å². The van der Waals surface area contributed by atoms with Crippen molar-refractivity contribution in [2.45, 2.75) is 45.1 Å². The van der Waals surface area contributed by atoms with Gasteiger partial charge in [-0.2, -0.15) is 0 Å². The predicted octanol–water partition coefficient (Wildman–Crippen LogP) is 4.48. The fourth-order valence-electron chi connectivity index (χ4n) is 4.29. The Morgan fingerprint density at radius 3 is 2.48 bits per heavy atom. The fourth-order valence-corrected chi connectivity index (χ4v) is 4.29. The molecule has 2 aliphatic heterocycles. The third-order valence-electron chi connectivity index (χ3n) is 5.90. The highest BCUT2D eigenvalue weighted by molar-refractivity contribution is 5.95. The van der Waals surface area contributed by atoms with Gasteiger partial charge >= 0.3 is 0 Å². The van der Waals surface area contributed by atoms with Crippen LogP contribution in [0.3, 0.4) is 0 Å². The molecule has 4 rings (SSSR count). The quantitative estimate of drug-likeness (QED) is 0.749. The van der Waals surface area contributed by atoms with E-state index in [9.17, 15) is 4.79 Å². The van der Waals surface area contributed by atoms with Gasteiger partial charge in [0, 0.05) is 31.5 Å². The van der Waals surface area contributed by atoms with Gasteiger partial charge in [-0.3, -0.25) is 4.79 Å². The molecule has 1 amide bonds. The van der Waals surface area contributed by atoms with E-state index < -0.39 is 0 Å². The van der Waals surface area contributed by atoms with E-state index in [4.69, 9.17) is 14.2 Å². The van der Waals surface area contributed by atoms with Gasteiger partial charge in [0.2, 0.25) is 0 Å². The van der Waals surface area contributed by atoms with Crippen molar-refractivity contribution >= 4 is 5.91 Å². The first-order valence-electron chi connectivity index (χ1n) is 10.6. The summed E-state index contributed by atoms with van der Waals surface area (Å²) in [6.45, 7) is 6.37. The third-order valence-corrected chi connectivity index (χ3v) is 5.90. The number of aryl methyl sites for hydroxylation is 1. The van der Waals surface area contributed by atoms with Gasteiger partial charge in [-0.15, -0.1) is 0 Å². The summed E-state index contributed by atoms with van der Waals surface area (Å²) in [6, 6.07) is 13.7. The van der Waals surface area contributed by atoms with Crippen LogP contribution >= 0.6 is 0 Å². The van der Waals surface area contributed by atoms with Gasteiger partial charge < -0.3 is 19.1 Å². The Kier molecular flexibility index (Phi) is 5.65. The largest absolute Gasteiger partial charge is 0.490 e. The SMILES string of the molecule is CCOc1ccc(C(=O)N2CCC3(CCc4ccccc4O3)CC2)cc1OCC. The minimum absolute atomic E-state index is 0.0417. The van der Waals surface area contributed by atoms with Crippen molar-refractivity contribution in [1.82, 2.24) is 4.90 Å². The second kappa shape index (κ2) is 8.36. The predicted molar refractivity (Wildman–Crippen MR) is 112 cm³/mol. The van der Waals surface area contributed by atoms with Crippen LogP contribution in [0.25, 0.3) is 0 Å². The number of piperidine rings is 1. The molecule has 1 spiro atoms. The lowest BCUT2D eigenvalue weighted by Crippen LogP contribution is -2.51. The average molecular weight is 395 g/mol. The van der Waals surface area contributed by atoms with Crippen molar-refractivity contribution in [2.75, 3.05) is 26.3 Å². The molecule has 0 aliphatic carbocycles. The van der Waals surface area contributed by atoms with E-state index in [1.54, 1.807) is 6.07 Å². The number of fused-ring (bicyclic) bond motifs is 1. The lowest BCUT2D eigenvalue weighted by molar-refractivity contribution is -0.0107. The van der Waals surface area contributed by atoms with Crippen LogP contribution in [0.2, 0.25) is 0 Å². The van der Waals surface area contributed by atoms with Crippen LogP contribution in [0, 0.1) is 0 Å². The Morgan fingerprint density at radius 1 is 1.00 bits per heavy atom. The fraction of sp³-hybridized carbons (Fsp3) is 0.458. The Bertz CT molecular complexity index is 871. The molecule has 2 aromatic rings. The molecule has 2 heterocycles. The highest BCUT2D eigenvalue weighted by Gasteiger charge is 2.40. The van der Waals surface area contributed by atoms with Gasteiger partial charge in [0.1, 0.15) is 11.4 Å². The number of carbonyl (C=O) groups is 1. The molecular weight excluding hydrogens is 366 g/mol. The molecule has 0 radical (unpaired) electrons. The lowest BCUT2D eigenvalue weighted by Gasteiger charge is -2.44. The van der Waals surface area contributed by atoms with E-state index in [2.05, 4.69) is 18.2 Å². The Morgan fingerprint density at radius 2 is 1.72 bits per heavy atom. The molecule has 1 fully saturated rings. The second-order valence-electron chi connectivity index (χ2n) is 7.71. The molecule has 0 aromatic heterocycles. The molecule has 0 unspecified atom stereocenters. The number of hydrogen-bond donors (Lipinski definition) is 0. The molecule has 5 heteroatoms. The second-order valence-corrected chi connectivity index (χ2v) is 7.71. The highest BCUT2D eigenvalue weighted by Crippen LogP contribution is 2.39. The number of carbonyl (C=O) groups excluding carboxylic acids is 1. The first-order chi connectivity index (χ1) is 14.1. The molecule has 2 aliphatic rings. The van der Waals surface area contributed by atoms with E-state index in [1.807, 2.05) is 36.9 Å². The van der Waals surface area contributed by atoms with Crippen molar-refractivity contribution in [3.63, 3.8) is 0 Å². The number of nitrogens with zero attached hydrogens (tertiary/aromatic N) is 1. The van der Waals surface area contributed by atoms with Crippen LogP contribution in [0.15, 0.2) is 42.5 Å². The summed E-state index contributed by atoms with van der Waals surface area (Å²) in [4.78, 5) is 15.0. The molecule has 29 heavy (non-hydrogen) atoms. The molecule has 0 bridgehead atoms. The summed E-state index contributed by atoms with van der Waals surface area (Å²) in [7, 11) is 0. The van der Waals surface area contributed by atoms with Gasteiger partial charge in [-0.1, -0.05) is 18.2 Å². The number of hydrogen-bond acceptors (Lipinski definition) is 4. The van der Waals surface area contributed by atoms with Crippen molar-refractivity contribution < 1.29 is 19.0 Å². The van der Waals surface area contributed by atoms with Crippen LogP contribution in [-0.4, -0.2) is 42.7 Å². The number of amides is 1. The zero-order chi connectivity index (χ0) is 20.3. The third kappa shape index (κ3) is 4.04. The maximum Gasteiger partial charge on any atom is 0.253 e. The number of ether oxygens (including phenoxy) is 3. The Balaban J connectivity index is 1.44. The van der Waals surface area contributed by atoms with E-state index in [0.717, 1.165) is 31.4 Å². The van der Waals surface area contributed by atoms with Crippen LogP contribution < -0.4 is 14.2 Å². The van der Waals surface area contributed by atoms with E-state index in [-0.39, 0.29) is 11.5 Å². The van der Waals surface area contributed by atoms with Crippen molar-refractivity contribution in [3.8, 4) is 17.2 Å². The monoisotopic (exact) mass is 395 g/mol. The van der Waals surface area contributed by atoms with Crippen LogP contribution in [0.1, 0.15) is 49.0 Å². The summed E-state index contributed by atoms with van der Waals surface area (Å²) in [5.74, 6) is 2.35. The minimum atomic E-state index is -0.138. The van der Waals surface area contributed by atoms with E-state index in [1.165, 1.54) is 5.56 Å². The normalized spacial score (nSPS) is 17.4. The first kappa shape index (κ1) is 19.6. The van der Waals surface area contributed by atoms with Crippen molar-refractivity contribution in [1.29, 1.82) is 0 Å². The Hall–Kier alpha value is -2.69. The highest BCUT2D eigenvalue weighted by atomic mass is 16.5. The van der Waals surface area contributed by atoms with Crippen molar-refractivity contribution in [2.24, 2.45) is 0 Å². The Labute approximate surface area is 172 Å². The molecule has 5 nitrogen and oxygen atoms in total. The van der Waals surface area contributed by atoms with Gasteiger partial charge in [0.05, 0.1) is 13.2 Å². The topological polar surface area (TPSA) is 48.0 Å². The van der Waals surface area contributed by atoms with Gasteiger partial charge in [0.25, 0.3) is 5.91 Å². The maximum atomic E-state index is 13.1. The summed E-state index contributed by atoms with van der Waals surface area (Å²) in [6.07, 6.45) is 3.79. The maximum absolute atomic E-state index is 13.1. The van der Waals surface area contributed by atoms with Gasteiger partial charge in [-0.25, -0.2) is 0 Å². The summed E-state index contributed by atoms with van der Waals surface area (Å²) < 4.78 is 17.7. The number of para-hydroxylation sites is 1. The average Bonchev–Trinajstić information content (AvgIpc) is 2.75. The lowest BCUT2D eigenvalue weighted by atomic mass is 9.83. The summed E-state index contributed by atoms with van der Waals surface area (Å²) in [5, 5.41) is 0. The molecule has 1 saturated heterocycles. The van der Waals surface area contributed by atoms with E-state index >= 15 is 0 Å². The molecule has 0 atom stereocenters. The van der Waals surface area contributed by atoms with Crippen molar-refractivity contribution in [3.05, 3.63) is 53.6 Å². The summed E-state index contributed by atoms with van der Waals surface area (Å²) >= 11 is 0. The summed E-state index contributed by atoms with van der Waals surface area (Å²) in [5.41, 5.74) is 1.79. The molecule has 0 saturated carbocycles. The zero-order valence-corrected chi connectivity index (χ0v) is 17.3.